The van der Waals surface area contributed by atoms with Crippen molar-refractivity contribution in [1.82, 2.24) is 15.3 Å². The van der Waals surface area contributed by atoms with Crippen LogP contribution in [0.2, 0.25) is 0 Å². The minimum Gasteiger partial charge on any atom is -0.497 e. The lowest BCUT2D eigenvalue weighted by molar-refractivity contribution is -0.119. The van der Waals surface area contributed by atoms with Crippen molar-refractivity contribution in [3.05, 3.63) is 40.2 Å². The van der Waals surface area contributed by atoms with E-state index in [-0.39, 0.29) is 33.9 Å². The second kappa shape index (κ2) is 8.79. The number of nitrogens with zero attached hydrogens (tertiary/aromatic N) is 1. The lowest BCUT2D eigenvalue weighted by atomic mass is 10.1. The molecule has 2 rings (SSSR count). The topological polar surface area (TPSA) is 139 Å². The van der Waals surface area contributed by atoms with Crippen molar-refractivity contribution < 1.29 is 14.3 Å². The summed E-state index contributed by atoms with van der Waals surface area (Å²) in [6.07, 6.45) is 0. The molecule has 0 saturated carbocycles. The summed E-state index contributed by atoms with van der Waals surface area (Å²) in [5.74, 6) is -0.170. The zero-order valence-electron chi connectivity index (χ0n) is 16.1. The lowest BCUT2D eigenvalue weighted by Gasteiger charge is -2.20. The summed E-state index contributed by atoms with van der Waals surface area (Å²) >= 11 is 1.04. The van der Waals surface area contributed by atoms with Gasteiger partial charge in [-0.25, -0.2) is 4.98 Å². The molecular formula is C18H23N5O4S. The van der Waals surface area contributed by atoms with Crippen molar-refractivity contribution in [3.63, 3.8) is 0 Å². The molecule has 0 atom stereocenters. The number of hydrogen-bond donors (Lipinski definition) is 4. The quantitative estimate of drug-likeness (QED) is 0.423. The SMILES string of the molecule is COc1ccc(C(=O)Nc2c(N)nc(SCC(=O)NC(C)(C)C)[nH]c2=O)cc1. The Labute approximate surface area is 166 Å². The monoisotopic (exact) mass is 405 g/mol. The van der Waals surface area contributed by atoms with E-state index in [9.17, 15) is 14.4 Å². The number of aromatic amines is 1. The van der Waals surface area contributed by atoms with Crippen LogP contribution in [-0.4, -0.2) is 40.2 Å². The van der Waals surface area contributed by atoms with Gasteiger partial charge in [-0.2, -0.15) is 0 Å². The number of hydrogen-bond acceptors (Lipinski definition) is 7. The molecule has 0 aliphatic heterocycles. The van der Waals surface area contributed by atoms with Crippen molar-refractivity contribution in [2.45, 2.75) is 31.5 Å². The first-order chi connectivity index (χ1) is 13.1. The molecule has 10 heteroatoms. The Morgan fingerprint density at radius 2 is 1.89 bits per heavy atom. The van der Waals surface area contributed by atoms with E-state index in [1.807, 2.05) is 20.8 Å². The molecule has 9 nitrogen and oxygen atoms in total. The van der Waals surface area contributed by atoms with Crippen LogP contribution in [0.3, 0.4) is 0 Å². The zero-order valence-corrected chi connectivity index (χ0v) is 16.9. The molecule has 0 unspecified atom stereocenters. The summed E-state index contributed by atoms with van der Waals surface area (Å²) in [6, 6.07) is 6.38. The van der Waals surface area contributed by atoms with E-state index >= 15 is 0 Å². The summed E-state index contributed by atoms with van der Waals surface area (Å²) in [6.45, 7) is 5.61. The van der Waals surface area contributed by atoms with Crippen molar-refractivity contribution in [2.24, 2.45) is 0 Å². The highest BCUT2D eigenvalue weighted by molar-refractivity contribution is 7.99. The normalized spacial score (nSPS) is 11.0. The number of H-pyrrole nitrogens is 1. The number of nitrogens with one attached hydrogen (secondary N) is 3. The average molecular weight is 405 g/mol. The highest BCUT2D eigenvalue weighted by Crippen LogP contribution is 2.18. The predicted octanol–water partition coefficient (Wildman–Crippen LogP) is 1.62. The van der Waals surface area contributed by atoms with Crippen molar-refractivity contribution >= 4 is 35.1 Å². The maximum Gasteiger partial charge on any atom is 0.277 e. The van der Waals surface area contributed by atoms with E-state index < -0.39 is 11.5 Å². The number of aromatic nitrogens is 2. The number of carbonyl (C=O) groups excluding carboxylic acids is 2. The second-order valence-electron chi connectivity index (χ2n) is 6.90. The second-order valence-corrected chi connectivity index (χ2v) is 7.86. The van der Waals surface area contributed by atoms with Crippen molar-refractivity contribution in [2.75, 3.05) is 23.9 Å². The third-order valence-electron chi connectivity index (χ3n) is 3.37. The van der Waals surface area contributed by atoms with Crippen LogP contribution >= 0.6 is 11.8 Å². The van der Waals surface area contributed by atoms with Gasteiger partial charge in [-0.3, -0.25) is 19.4 Å². The average Bonchev–Trinajstić information content (AvgIpc) is 2.61. The van der Waals surface area contributed by atoms with Gasteiger partial charge in [-0.05, 0) is 45.0 Å². The first-order valence-electron chi connectivity index (χ1n) is 8.38. The number of rotatable bonds is 6. The number of methoxy groups -OCH3 is 1. The van der Waals surface area contributed by atoms with Crippen LogP contribution in [0.1, 0.15) is 31.1 Å². The number of ether oxygens (including phenoxy) is 1. The van der Waals surface area contributed by atoms with Gasteiger partial charge >= 0.3 is 0 Å². The maximum absolute atomic E-state index is 12.3. The molecule has 28 heavy (non-hydrogen) atoms. The molecule has 0 bridgehead atoms. The van der Waals surface area contributed by atoms with Crippen LogP contribution in [0.4, 0.5) is 11.5 Å². The lowest BCUT2D eigenvalue weighted by Crippen LogP contribution is -2.41. The van der Waals surface area contributed by atoms with Gasteiger partial charge in [0.1, 0.15) is 11.4 Å². The molecule has 0 radical (unpaired) electrons. The Morgan fingerprint density at radius 1 is 1.25 bits per heavy atom. The van der Waals surface area contributed by atoms with Gasteiger partial charge in [0.25, 0.3) is 11.5 Å². The fraction of sp³-hybridized carbons (Fsp3) is 0.333. The molecule has 0 aliphatic carbocycles. The van der Waals surface area contributed by atoms with Crippen LogP contribution < -0.4 is 26.7 Å². The summed E-state index contributed by atoms with van der Waals surface area (Å²) < 4.78 is 5.04. The molecule has 150 valence electrons. The fourth-order valence-corrected chi connectivity index (χ4v) is 2.84. The standard InChI is InChI=1S/C18H23N5O4S/c1-18(2,3)23-12(24)9-28-17-21-14(19)13(16(26)22-17)20-15(25)10-5-7-11(27-4)8-6-10/h5-8H,9H2,1-4H3,(H,20,25)(H,23,24)(H3,19,21,22,26). The summed E-state index contributed by atoms with van der Waals surface area (Å²) in [5.41, 5.74) is 5.05. The summed E-state index contributed by atoms with van der Waals surface area (Å²) in [7, 11) is 1.52. The molecule has 1 heterocycles. The molecule has 1 aromatic carbocycles. The van der Waals surface area contributed by atoms with Crippen LogP contribution in [0, 0.1) is 0 Å². The van der Waals surface area contributed by atoms with Crippen LogP contribution in [0.25, 0.3) is 0 Å². The molecule has 0 fully saturated rings. The number of amides is 2. The molecule has 5 N–H and O–H groups in total. The van der Waals surface area contributed by atoms with E-state index in [0.717, 1.165) is 11.8 Å². The van der Waals surface area contributed by atoms with Crippen LogP contribution in [-0.2, 0) is 4.79 Å². The number of nitrogens with two attached hydrogens (primary N) is 1. The first kappa shape index (κ1) is 21.3. The molecule has 2 aromatic rings. The summed E-state index contributed by atoms with van der Waals surface area (Å²) in [5, 5.41) is 5.45. The van der Waals surface area contributed by atoms with Gasteiger partial charge in [0, 0.05) is 11.1 Å². The Bertz CT molecular complexity index is 919. The van der Waals surface area contributed by atoms with Gasteiger partial charge in [0.2, 0.25) is 5.91 Å². The highest BCUT2D eigenvalue weighted by Gasteiger charge is 2.17. The van der Waals surface area contributed by atoms with Gasteiger partial charge in [-0.1, -0.05) is 11.8 Å². The van der Waals surface area contributed by atoms with Gasteiger partial charge < -0.3 is 21.1 Å². The number of anilines is 2. The van der Waals surface area contributed by atoms with Gasteiger partial charge in [-0.15, -0.1) is 0 Å². The maximum atomic E-state index is 12.3. The predicted molar refractivity (Wildman–Crippen MR) is 109 cm³/mol. The van der Waals surface area contributed by atoms with E-state index in [4.69, 9.17) is 10.5 Å². The molecule has 0 aliphatic rings. The van der Waals surface area contributed by atoms with Crippen LogP contribution in [0.5, 0.6) is 5.75 Å². The molecular weight excluding hydrogens is 382 g/mol. The smallest absolute Gasteiger partial charge is 0.277 e. The molecule has 0 saturated heterocycles. The minimum absolute atomic E-state index is 0.0667. The van der Waals surface area contributed by atoms with E-state index in [1.54, 1.807) is 24.3 Å². The van der Waals surface area contributed by atoms with Gasteiger partial charge in [0.05, 0.1) is 12.9 Å². The third kappa shape index (κ3) is 6.02. The van der Waals surface area contributed by atoms with E-state index in [2.05, 4.69) is 20.6 Å². The first-order valence-corrected chi connectivity index (χ1v) is 9.36. The largest absolute Gasteiger partial charge is 0.497 e. The zero-order chi connectivity index (χ0) is 20.9. The Kier molecular flexibility index (Phi) is 6.68. The Hall–Kier alpha value is -3.01. The minimum atomic E-state index is -0.604. The van der Waals surface area contributed by atoms with Crippen molar-refractivity contribution in [1.29, 1.82) is 0 Å². The highest BCUT2D eigenvalue weighted by atomic mass is 32.2. The van der Waals surface area contributed by atoms with Crippen LogP contribution in [0.15, 0.2) is 34.2 Å². The fourth-order valence-electron chi connectivity index (χ4n) is 2.17. The molecule has 0 spiro atoms. The Balaban J connectivity index is 2.07. The van der Waals surface area contributed by atoms with Crippen molar-refractivity contribution in [3.8, 4) is 5.75 Å². The number of thioether (sulfide) groups is 1. The van der Waals surface area contributed by atoms with E-state index in [0.29, 0.717) is 11.3 Å². The van der Waals surface area contributed by atoms with E-state index in [1.165, 1.54) is 7.11 Å². The Morgan fingerprint density at radius 3 is 2.43 bits per heavy atom. The molecule has 1 aromatic heterocycles. The number of benzene rings is 1. The third-order valence-corrected chi connectivity index (χ3v) is 4.24. The van der Waals surface area contributed by atoms with Gasteiger partial charge in [0.15, 0.2) is 11.0 Å². The molecule has 2 amide bonds. The summed E-state index contributed by atoms with van der Waals surface area (Å²) in [4.78, 5) is 43.0. The number of carbonyl (C=O) groups is 2. The number of nitrogen functional groups attached to an aromatic ring is 1.